The highest BCUT2D eigenvalue weighted by molar-refractivity contribution is 5.88. The van der Waals surface area contributed by atoms with E-state index < -0.39 is 0 Å². The molecule has 1 nitrogen and oxygen atoms in total. The van der Waals surface area contributed by atoms with Gasteiger partial charge in [0.15, 0.2) is 0 Å². The van der Waals surface area contributed by atoms with Crippen LogP contribution in [0.4, 0.5) is 0 Å². The van der Waals surface area contributed by atoms with E-state index in [0.717, 1.165) is 12.0 Å². The summed E-state index contributed by atoms with van der Waals surface area (Å²) in [6.45, 7) is 13.5. The standard InChI is InChI=1S/C31H33N/c1-22-16-18-27-14-10-11-15-29(27)30(22)31(5,21-26-12-8-7-9-13-26)24(3)17-19-28-20-23(2)25(4)32(28)6/h7-20H,3,21H2,1-2,4-6H3/b19-17+. The summed E-state index contributed by atoms with van der Waals surface area (Å²) in [6, 6.07) is 26.2. The van der Waals surface area contributed by atoms with Crippen molar-refractivity contribution in [1.29, 1.82) is 0 Å². The highest BCUT2D eigenvalue weighted by atomic mass is 14.9. The van der Waals surface area contributed by atoms with Crippen molar-refractivity contribution in [2.24, 2.45) is 7.05 Å². The van der Waals surface area contributed by atoms with E-state index in [0.29, 0.717) is 0 Å². The Morgan fingerprint density at radius 1 is 0.906 bits per heavy atom. The summed E-state index contributed by atoms with van der Waals surface area (Å²) in [4.78, 5) is 0. The van der Waals surface area contributed by atoms with Gasteiger partial charge >= 0.3 is 0 Å². The Morgan fingerprint density at radius 3 is 2.28 bits per heavy atom. The molecule has 0 aliphatic carbocycles. The van der Waals surface area contributed by atoms with Crippen LogP contribution in [0.15, 0.2) is 91.0 Å². The van der Waals surface area contributed by atoms with E-state index in [1.165, 1.54) is 44.4 Å². The number of aromatic nitrogens is 1. The lowest BCUT2D eigenvalue weighted by atomic mass is 9.69. The highest BCUT2D eigenvalue weighted by Gasteiger charge is 2.32. The summed E-state index contributed by atoms with van der Waals surface area (Å²) in [5.41, 5.74) is 8.70. The summed E-state index contributed by atoms with van der Waals surface area (Å²) in [5, 5.41) is 2.59. The van der Waals surface area contributed by atoms with Crippen molar-refractivity contribution < 1.29 is 0 Å². The number of fused-ring (bicyclic) bond motifs is 1. The summed E-state index contributed by atoms with van der Waals surface area (Å²) in [6.07, 6.45) is 5.33. The lowest BCUT2D eigenvalue weighted by molar-refractivity contribution is 0.570. The second-order valence-corrected chi connectivity index (χ2v) is 9.23. The third kappa shape index (κ3) is 3.96. The average Bonchev–Trinajstić information content (AvgIpc) is 3.04. The predicted octanol–water partition coefficient (Wildman–Crippen LogP) is 7.87. The Bertz CT molecular complexity index is 1300. The Labute approximate surface area is 192 Å². The fourth-order valence-corrected chi connectivity index (χ4v) is 4.89. The predicted molar refractivity (Wildman–Crippen MR) is 139 cm³/mol. The van der Waals surface area contributed by atoms with Crippen molar-refractivity contribution in [3.05, 3.63) is 125 Å². The third-order valence-corrected chi connectivity index (χ3v) is 7.08. The van der Waals surface area contributed by atoms with Crippen LogP contribution in [-0.2, 0) is 18.9 Å². The zero-order chi connectivity index (χ0) is 22.9. The van der Waals surface area contributed by atoms with Crippen LogP contribution in [0.1, 0.15) is 40.6 Å². The van der Waals surface area contributed by atoms with E-state index in [9.17, 15) is 0 Å². The van der Waals surface area contributed by atoms with Gasteiger partial charge < -0.3 is 4.57 Å². The molecular formula is C31H33N. The molecule has 0 aliphatic rings. The molecule has 0 fully saturated rings. The molecule has 0 aliphatic heterocycles. The molecule has 1 heteroatoms. The van der Waals surface area contributed by atoms with Crippen molar-refractivity contribution in [3.63, 3.8) is 0 Å². The van der Waals surface area contributed by atoms with E-state index in [2.05, 4.69) is 131 Å². The first kappa shape index (κ1) is 21.9. The molecule has 0 saturated heterocycles. The molecule has 0 radical (unpaired) electrons. The molecule has 162 valence electrons. The minimum absolute atomic E-state index is 0.238. The molecular weight excluding hydrogens is 386 g/mol. The minimum atomic E-state index is -0.238. The number of allylic oxidation sites excluding steroid dienone is 2. The summed E-state index contributed by atoms with van der Waals surface area (Å²) < 4.78 is 2.25. The maximum Gasteiger partial charge on any atom is 0.0409 e. The van der Waals surface area contributed by atoms with E-state index in [1.54, 1.807) is 0 Å². The van der Waals surface area contributed by atoms with Crippen molar-refractivity contribution >= 4 is 16.8 Å². The Kier molecular flexibility index (Phi) is 5.93. The van der Waals surface area contributed by atoms with Crippen LogP contribution >= 0.6 is 0 Å². The Morgan fingerprint density at radius 2 is 1.59 bits per heavy atom. The summed E-state index contributed by atoms with van der Waals surface area (Å²) in [5.74, 6) is 0. The number of aryl methyl sites for hydroxylation is 2. The maximum atomic E-state index is 4.63. The van der Waals surface area contributed by atoms with Gasteiger partial charge in [-0.1, -0.05) is 86.3 Å². The molecule has 0 N–H and O–H groups in total. The number of hydrogen-bond donors (Lipinski definition) is 0. The van der Waals surface area contributed by atoms with Crippen LogP contribution in [-0.4, -0.2) is 4.57 Å². The molecule has 4 rings (SSSR count). The van der Waals surface area contributed by atoms with E-state index in [1.807, 2.05) is 0 Å². The van der Waals surface area contributed by atoms with Crippen molar-refractivity contribution in [2.45, 2.75) is 39.5 Å². The summed E-state index contributed by atoms with van der Waals surface area (Å²) in [7, 11) is 2.13. The lowest BCUT2D eigenvalue weighted by Gasteiger charge is -2.34. The zero-order valence-corrected chi connectivity index (χ0v) is 19.9. The van der Waals surface area contributed by atoms with Crippen molar-refractivity contribution in [2.75, 3.05) is 0 Å². The number of rotatable bonds is 6. The molecule has 32 heavy (non-hydrogen) atoms. The van der Waals surface area contributed by atoms with Gasteiger partial charge in [0.1, 0.15) is 0 Å². The van der Waals surface area contributed by atoms with Gasteiger partial charge in [0.2, 0.25) is 0 Å². The molecule has 1 atom stereocenters. The van der Waals surface area contributed by atoms with Gasteiger partial charge in [0, 0.05) is 23.9 Å². The first-order valence-electron chi connectivity index (χ1n) is 11.3. The SMILES string of the molecule is C=C(/C=C/c1cc(C)c(C)n1C)C(C)(Cc1ccccc1)c1c(C)ccc2ccccc12. The van der Waals surface area contributed by atoms with E-state index >= 15 is 0 Å². The highest BCUT2D eigenvalue weighted by Crippen LogP contribution is 2.41. The second kappa shape index (κ2) is 8.67. The minimum Gasteiger partial charge on any atom is -0.348 e. The fourth-order valence-electron chi connectivity index (χ4n) is 4.89. The maximum absolute atomic E-state index is 4.63. The molecule has 1 aromatic heterocycles. The first-order chi connectivity index (χ1) is 15.3. The van der Waals surface area contributed by atoms with Gasteiger partial charge in [-0.2, -0.15) is 0 Å². The fraction of sp³-hybridized carbons (Fsp3) is 0.226. The van der Waals surface area contributed by atoms with Gasteiger partial charge in [0.25, 0.3) is 0 Å². The molecule has 0 amide bonds. The first-order valence-corrected chi connectivity index (χ1v) is 11.3. The second-order valence-electron chi connectivity index (χ2n) is 9.23. The van der Waals surface area contributed by atoms with Crippen LogP contribution in [0.2, 0.25) is 0 Å². The number of benzene rings is 3. The van der Waals surface area contributed by atoms with E-state index in [4.69, 9.17) is 0 Å². The normalized spacial score (nSPS) is 13.5. The number of hydrogen-bond acceptors (Lipinski definition) is 0. The van der Waals surface area contributed by atoms with Crippen LogP contribution < -0.4 is 0 Å². The molecule has 3 aromatic carbocycles. The monoisotopic (exact) mass is 419 g/mol. The molecule has 4 aromatic rings. The smallest absolute Gasteiger partial charge is 0.0409 e. The Hall–Kier alpha value is -3.32. The van der Waals surface area contributed by atoms with Crippen molar-refractivity contribution in [1.82, 2.24) is 4.57 Å². The van der Waals surface area contributed by atoms with Crippen LogP contribution in [0.25, 0.3) is 16.8 Å². The quantitative estimate of drug-likeness (QED) is 0.280. The van der Waals surface area contributed by atoms with Crippen LogP contribution in [0.3, 0.4) is 0 Å². The third-order valence-electron chi connectivity index (χ3n) is 7.08. The van der Waals surface area contributed by atoms with Gasteiger partial charge in [-0.05, 0) is 77.9 Å². The lowest BCUT2D eigenvalue weighted by Crippen LogP contribution is -2.28. The molecule has 1 heterocycles. The molecule has 0 spiro atoms. The largest absolute Gasteiger partial charge is 0.348 e. The van der Waals surface area contributed by atoms with Crippen LogP contribution in [0, 0.1) is 20.8 Å². The Balaban J connectivity index is 1.85. The molecule has 0 bridgehead atoms. The van der Waals surface area contributed by atoms with Crippen LogP contribution in [0.5, 0.6) is 0 Å². The molecule has 1 unspecified atom stereocenters. The summed E-state index contributed by atoms with van der Waals surface area (Å²) >= 11 is 0. The topological polar surface area (TPSA) is 4.93 Å². The van der Waals surface area contributed by atoms with Gasteiger partial charge in [-0.15, -0.1) is 0 Å². The van der Waals surface area contributed by atoms with E-state index in [-0.39, 0.29) is 5.41 Å². The van der Waals surface area contributed by atoms with Gasteiger partial charge in [-0.3, -0.25) is 0 Å². The zero-order valence-electron chi connectivity index (χ0n) is 19.9. The van der Waals surface area contributed by atoms with Gasteiger partial charge in [0.05, 0.1) is 0 Å². The van der Waals surface area contributed by atoms with Gasteiger partial charge in [-0.25, -0.2) is 0 Å². The molecule has 0 saturated carbocycles. The van der Waals surface area contributed by atoms with Crippen molar-refractivity contribution in [3.8, 4) is 0 Å². The number of nitrogens with zero attached hydrogens (tertiary/aromatic N) is 1. The average molecular weight is 420 g/mol.